The Kier molecular flexibility index (Phi) is 9.16. The molecule has 120 valence electrons. The van der Waals surface area contributed by atoms with E-state index in [2.05, 4.69) is 78.9 Å². The van der Waals surface area contributed by atoms with Crippen LogP contribution in [-0.2, 0) is 0 Å². The largest absolute Gasteiger partial charge is 0.0807 e. The van der Waals surface area contributed by atoms with Gasteiger partial charge in [-0.2, -0.15) is 0 Å². The fourth-order valence-electron chi connectivity index (χ4n) is 2.26. The highest BCUT2D eigenvalue weighted by Crippen LogP contribution is 2.23. The standard InChI is InChI=1S/C19H16.2C2H6/c1-2-5-9-16(8-4-1)18-12-14-19(15-13-18)17-10-6-3-7-11-17;2*1-2/h1,3-15H,2H2;2*1-2H3. The topological polar surface area (TPSA) is 0 Å². The molecule has 3 rings (SSSR count). The minimum absolute atomic E-state index is 1.02. The highest BCUT2D eigenvalue weighted by molar-refractivity contribution is 5.77. The number of hydrogen-bond acceptors (Lipinski definition) is 0. The lowest BCUT2D eigenvalue weighted by molar-refractivity contribution is 1.41. The summed E-state index contributed by atoms with van der Waals surface area (Å²) in [5.74, 6) is 0. The van der Waals surface area contributed by atoms with E-state index in [-0.39, 0.29) is 0 Å². The second kappa shape index (κ2) is 11.3. The van der Waals surface area contributed by atoms with Crippen molar-refractivity contribution < 1.29 is 0 Å². The van der Waals surface area contributed by atoms with Gasteiger partial charge in [0.2, 0.25) is 0 Å². The van der Waals surface area contributed by atoms with Crippen molar-refractivity contribution in [2.45, 2.75) is 34.1 Å². The molecule has 0 heteroatoms. The van der Waals surface area contributed by atoms with Crippen molar-refractivity contribution in [3.8, 4) is 11.1 Å². The van der Waals surface area contributed by atoms with E-state index in [1.54, 1.807) is 0 Å². The predicted octanol–water partition coefficient (Wildman–Crippen LogP) is 7.31. The van der Waals surface area contributed by atoms with Gasteiger partial charge in [-0.05, 0) is 28.7 Å². The molecular weight excluding hydrogens is 276 g/mol. The van der Waals surface area contributed by atoms with Crippen LogP contribution in [0.5, 0.6) is 0 Å². The van der Waals surface area contributed by atoms with Crippen LogP contribution in [0.25, 0.3) is 16.7 Å². The van der Waals surface area contributed by atoms with E-state index < -0.39 is 0 Å². The van der Waals surface area contributed by atoms with Gasteiger partial charge in [0.15, 0.2) is 0 Å². The van der Waals surface area contributed by atoms with Crippen LogP contribution >= 0.6 is 0 Å². The summed E-state index contributed by atoms with van der Waals surface area (Å²) in [6.07, 6.45) is 11.9. The monoisotopic (exact) mass is 304 g/mol. The van der Waals surface area contributed by atoms with Crippen molar-refractivity contribution >= 4 is 5.57 Å². The number of hydrogen-bond donors (Lipinski definition) is 0. The summed E-state index contributed by atoms with van der Waals surface area (Å²) < 4.78 is 0. The Balaban J connectivity index is 0.000000615. The van der Waals surface area contributed by atoms with Gasteiger partial charge in [0, 0.05) is 0 Å². The molecule has 1 aliphatic rings. The van der Waals surface area contributed by atoms with E-state index >= 15 is 0 Å². The van der Waals surface area contributed by atoms with E-state index in [1.165, 1.54) is 22.3 Å². The lowest BCUT2D eigenvalue weighted by atomic mass is 10.00. The van der Waals surface area contributed by atoms with Gasteiger partial charge in [-0.3, -0.25) is 0 Å². The molecule has 0 heterocycles. The number of rotatable bonds is 2. The van der Waals surface area contributed by atoms with Crippen LogP contribution in [0.1, 0.15) is 39.7 Å². The van der Waals surface area contributed by atoms with Crippen molar-refractivity contribution in [3.63, 3.8) is 0 Å². The van der Waals surface area contributed by atoms with Gasteiger partial charge in [0.05, 0.1) is 0 Å². The Morgan fingerprint density at radius 2 is 1.17 bits per heavy atom. The molecule has 0 atom stereocenters. The molecule has 0 spiro atoms. The summed E-state index contributed by atoms with van der Waals surface area (Å²) >= 11 is 0. The van der Waals surface area contributed by atoms with Gasteiger partial charge in [0.25, 0.3) is 0 Å². The molecule has 0 bridgehead atoms. The Labute approximate surface area is 141 Å². The maximum atomic E-state index is 2.19. The first-order valence-electron chi connectivity index (χ1n) is 8.63. The van der Waals surface area contributed by atoms with E-state index in [0.29, 0.717) is 0 Å². The second-order valence-corrected chi connectivity index (χ2v) is 4.63. The van der Waals surface area contributed by atoms with E-state index in [9.17, 15) is 0 Å². The second-order valence-electron chi connectivity index (χ2n) is 4.63. The number of allylic oxidation sites excluding steroid dienone is 6. The van der Waals surface area contributed by atoms with Crippen LogP contribution in [0.3, 0.4) is 0 Å². The molecule has 23 heavy (non-hydrogen) atoms. The van der Waals surface area contributed by atoms with E-state index in [1.807, 2.05) is 33.8 Å². The van der Waals surface area contributed by atoms with Crippen LogP contribution in [0.4, 0.5) is 0 Å². The smallest absolute Gasteiger partial charge is 0.0163 e. The molecule has 0 fully saturated rings. The highest BCUT2D eigenvalue weighted by Gasteiger charge is 2.00. The summed E-state index contributed by atoms with van der Waals surface area (Å²) in [4.78, 5) is 0. The minimum atomic E-state index is 1.02. The van der Waals surface area contributed by atoms with Gasteiger partial charge >= 0.3 is 0 Å². The average molecular weight is 304 g/mol. The predicted molar refractivity (Wildman–Crippen MR) is 105 cm³/mol. The summed E-state index contributed by atoms with van der Waals surface area (Å²) in [6, 6.07) is 19.2. The molecule has 0 aromatic heterocycles. The van der Waals surface area contributed by atoms with Gasteiger partial charge in [-0.1, -0.05) is 113 Å². The lowest BCUT2D eigenvalue weighted by Gasteiger charge is -2.05. The first kappa shape index (κ1) is 18.7. The molecule has 1 aliphatic carbocycles. The summed E-state index contributed by atoms with van der Waals surface area (Å²) in [6.45, 7) is 8.00. The third-order valence-corrected chi connectivity index (χ3v) is 3.31. The Hall–Kier alpha value is -2.34. The number of benzene rings is 2. The van der Waals surface area contributed by atoms with Crippen molar-refractivity contribution in [2.24, 2.45) is 0 Å². The fraction of sp³-hybridized carbons (Fsp3) is 0.217. The van der Waals surface area contributed by atoms with Crippen LogP contribution < -0.4 is 0 Å². The summed E-state index contributed by atoms with van der Waals surface area (Å²) in [5, 5.41) is 0. The van der Waals surface area contributed by atoms with Gasteiger partial charge in [-0.15, -0.1) is 0 Å². The summed E-state index contributed by atoms with van der Waals surface area (Å²) in [5.41, 5.74) is 5.06. The first-order chi connectivity index (χ1) is 11.4. The van der Waals surface area contributed by atoms with Crippen molar-refractivity contribution in [3.05, 3.63) is 90.5 Å². The van der Waals surface area contributed by atoms with Gasteiger partial charge in [0.1, 0.15) is 0 Å². The molecule has 0 radical (unpaired) electrons. The van der Waals surface area contributed by atoms with Crippen LogP contribution in [-0.4, -0.2) is 0 Å². The Morgan fingerprint density at radius 1 is 0.609 bits per heavy atom. The minimum Gasteiger partial charge on any atom is -0.0807 e. The highest BCUT2D eigenvalue weighted by atomic mass is 14.0. The molecule has 0 saturated carbocycles. The maximum absolute atomic E-state index is 2.19. The van der Waals surface area contributed by atoms with E-state index in [0.717, 1.165) is 6.42 Å². The fourth-order valence-corrected chi connectivity index (χ4v) is 2.26. The molecule has 2 aromatic rings. The quantitative estimate of drug-likeness (QED) is 0.545. The van der Waals surface area contributed by atoms with Gasteiger partial charge in [-0.25, -0.2) is 0 Å². The molecule has 0 amide bonds. The molecule has 0 aliphatic heterocycles. The maximum Gasteiger partial charge on any atom is -0.0163 e. The SMILES string of the molecule is C1=CCC=CC(c2ccc(-c3ccccc3)cc2)=C1.CC.CC. The molecule has 0 saturated heterocycles. The third kappa shape index (κ3) is 5.75. The zero-order valence-corrected chi connectivity index (χ0v) is 14.8. The zero-order valence-electron chi connectivity index (χ0n) is 14.8. The Bertz CT molecular complexity index is 625. The zero-order chi connectivity index (χ0) is 16.9. The first-order valence-corrected chi connectivity index (χ1v) is 8.63. The van der Waals surface area contributed by atoms with Crippen LogP contribution in [0.2, 0.25) is 0 Å². The van der Waals surface area contributed by atoms with Crippen molar-refractivity contribution in [1.29, 1.82) is 0 Å². The summed E-state index contributed by atoms with van der Waals surface area (Å²) in [7, 11) is 0. The van der Waals surface area contributed by atoms with Crippen molar-refractivity contribution in [2.75, 3.05) is 0 Å². The normalized spacial score (nSPS) is 12.1. The average Bonchev–Trinajstić information content (AvgIpc) is 2.95. The molecule has 2 aromatic carbocycles. The van der Waals surface area contributed by atoms with E-state index in [4.69, 9.17) is 0 Å². The van der Waals surface area contributed by atoms with Crippen LogP contribution in [0.15, 0.2) is 85.0 Å². The molecular formula is C23H28. The lowest BCUT2D eigenvalue weighted by Crippen LogP contribution is -1.82. The third-order valence-electron chi connectivity index (χ3n) is 3.31. The molecule has 0 nitrogen and oxygen atoms in total. The molecule has 0 unspecified atom stereocenters. The van der Waals surface area contributed by atoms with Gasteiger partial charge < -0.3 is 0 Å². The Morgan fingerprint density at radius 3 is 1.83 bits per heavy atom. The van der Waals surface area contributed by atoms with Crippen molar-refractivity contribution in [1.82, 2.24) is 0 Å². The molecule has 0 N–H and O–H groups in total. The van der Waals surface area contributed by atoms with Crippen LogP contribution in [0, 0.1) is 0 Å².